The molecular formula is C30H28N6O. The minimum Gasteiger partial charge on any atom is -0.368 e. The largest absolute Gasteiger partial charge is 0.368 e. The third kappa shape index (κ3) is 3.96. The fourth-order valence-electron chi connectivity index (χ4n) is 5.68. The number of anilines is 2. The highest BCUT2D eigenvalue weighted by atomic mass is 16.2. The number of piperazine rings is 1. The molecule has 0 bridgehead atoms. The summed E-state index contributed by atoms with van der Waals surface area (Å²) in [6.45, 7) is 3.23. The fraction of sp³-hybridized carbons (Fsp3) is 0.233. The number of aromatic nitrogens is 2. The number of nitriles is 1. The van der Waals surface area contributed by atoms with Crippen LogP contribution >= 0.6 is 0 Å². The highest BCUT2D eigenvalue weighted by Gasteiger charge is 2.35. The average molecular weight is 489 g/mol. The van der Waals surface area contributed by atoms with Crippen LogP contribution in [0.2, 0.25) is 0 Å². The van der Waals surface area contributed by atoms with Gasteiger partial charge < -0.3 is 9.80 Å². The van der Waals surface area contributed by atoms with Gasteiger partial charge in [0.05, 0.1) is 23.5 Å². The first kappa shape index (κ1) is 23.0. The smallest absolute Gasteiger partial charge is 0.258 e. The number of hydrogen-bond acceptors (Lipinski definition) is 5. The molecule has 0 radical (unpaired) electrons. The van der Waals surface area contributed by atoms with Crippen LogP contribution in [0.4, 0.5) is 11.4 Å². The van der Waals surface area contributed by atoms with E-state index in [1.807, 2.05) is 62.9 Å². The van der Waals surface area contributed by atoms with Crippen LogP contribution in [0, 0.1) is 11.3 Å². The topological polar surface area (TPSA) is 68.4 Å². The zero-order valence-electron chi connectivity index (χ0n) is 21.0. The van der Waals surface area contributed by atoms with E-state index in [9.17, 15) is 10.1 Å². The zero-order chi connectivity index (χ0) is 25.5. The molecule has 3 aromatic carbocycles. The van der Waals surface area contributed by atoms with Gasteiger partial charge in [-0.05, 0) is 41.0 Å². The molecule has 6 rings (SSSR count). The lowest BCUT2D eigenvalue weighted by Gasteiger charge is -2.41. The maximum Gasteiger partial charge on any atom is 0.258 e. The summed E-state index contributed by atoms with van der Waals surface area (Å²) >= 11 is 0. The van der Waals surface area contributed by atoms with Crippen LogP contribution < -0.4 is 9.80 Å². The van der Waals surface area contributed by atoms with Crippen molar-refractivity contribution in [1.82, 2.24) is 14.7 Å². The molecule has 3 heterocycles. The molecular weight excluding hydrogens is 460 g/mol. The molecule has 2 aliphatic heterocycles. The van der Waals surface area contributed by atoms with E-state index in [1.165, 1.54) is 0 Å². The van der Waals surface area contributed by atoms with Crippen LogP contribution in [0.1, 0.15) is 33.1 Å². The summed E-state index contributed by atoms with van der Waals surface area (Å²) in [5, 5.41) is 14.2. The first-order valence-corrected chi connectivity index (χ1v) is 12.5. The second-order valence-corrected chi connectivity index (χ2v) is 9.68. The van der Waals surface area contributed by atoms with Gasteiger partial charge in [-0.3, -0.25) is 14.4 Å². The maximum absolute atomic E-state index is 13.3. The Balaban J connectivity index is 1.30. The molecule has 0 N–H and O–H groups in total. The number of aryl methyl sites for hydroxylation is 1. The number of carbonyl (C=O) groups is 1. The second kappa shape index (κ2) is 9.23. The van der Waals surface area contributed by atoms with Gasteiger partial charge in [-0.1, -0.05) is 42.5 Å². The van der Waals surface area contributed by atoms with Gasteiger partial charge in [0.2, 0.25) is 0 Å². The molecule has 1 atom stereocenters. The third-order valence-electron chi connectivity index (χ3n) is 7.56. The van der Waals surface area contributed by atoms with Crippen molar-refractivity contribution in [1.29, 1.82) is 5.26 Å². The second-order valence-electron chi connectivity index (χ2n) is 9.68. The minimum absolute atomic E-state index is 0.00755. The number of fused-ring (bicyclic) bond motifs is 2. The van der Waals surface area contributed by atoms with Crippen LogP contribution in [0.15, 0.2) is 79.1 Å². The van der Waals surface area contributed by atoms with Crippen LogP contribution in [-0.2, 0) is 7.05 Å². The Morgan fingerprint density at radius 2 is 1.59 bits per heavy atom. The van der Waals surface area contributed by atoms with Gasteiger partial charge in [-0.2, -0.15) is 10.4 Å². The number of para-hydroxylation sites is 1. The van der Waals surface area contributed by atoms with E-state index in [2.05, 4.69) is 51.3 Å². The molecule has 7 heteroatoms. The standard InChI is InChI=1S/C30H28N6O/c1-33-20-23(19-32-33)21-11-12-27(22(17-21)18-31)35-13-15-36(16-14-35)29-24-7-3-4-8-25(24)30(37)34(2)28-10-6-5-9-26(28)29/h3-12,17,19-20,29H,13-16H2,1-2H3. The van der Waals surface area contributed by atoms with Gasteiger partial charge in [-0.25, -0.2) is 0 Å². The predicted octanol–water partition coefficient (Wildman–Crippen LogP) is 4.46. The Kier molecular flexibility index (Phi) is 5.74. The fourth-order valence-corrected chi connectivity index (χ4v) is 5.68. The molecule has 7 nitrogen and oxygen atoms in total. The summed E-state index contributed by atoms with van der Waals surface area (Å²) in [6, 6.07) is 24.7. The van der Waals surface area contributed by atoms with E-state index >= 15 is 0 Å². The van der Waals surface area contributed by atoms with Gasteiger partial charge in [0.1, 0.15) is 6.07 Å². The van der Waals surface area contributed by atoms with Crippen molar-refractivity contribution in [3.05, 3.63) is 101 Å². The van der Waals surface area contributed by atoms with Gasteiger partial charge in [0.15, 0.2) is 0 Å². The van der Waals surface area contributed by atoms with Crippen molar-refractivity contribution < 1.29 is 4.79 Å². The van der Waals surface area contributed by atoms with Gasteiger partial charge in [0, 0.05) is 63.3 Å². The molecule has 37 heavy (non-hydrogen) atoms. The average Bonchev–Trinajstić information content (AvgIpc) is 3.36. The minimum atomic E-state index is -0.00755. The lowest BCUT2D eigenvalue weighted by Crippen LogP contribution is -2.48. The summed E-state index contributed by atoms with van der Waals surface area (Å²) in [5.41, 5.74) is 7.54. The van der Waals surface area contributed by atoms with Gasteiger partial charge in [0.25, 0.3) is 5.91 Å². The van der Waals surface area contributed by atoms with E-state index in [-0.39, 0.29) is 11.9 Å². The van der Waals surface area contributed by atoms with Gasteiger partial charge in [-0.15, -0.1) is 0 Å². The number of carbonyl (C=O) groups excluding carboxylic acids is 1. The monoisotopic (exact) mass is 488 g/mol. The SMILES string of the molecule is CN1C(=O)c2ccccc2C(N2CCN(c3ccc(-c4cnn(C)c4)cc3C#N)CC2)c2ccccc21. The van der Waals surface area contributed by atoms with Crippen molar-refractivity contribution in [2.24, 2.45) is 7.05 Å². The van der Waals surface area contributed by atoms with E-state index < -0.39 is 0 Å². The molecule has 1 saturated heterocycles. The van der Waals surface area contributed by atoms with Gasteiger partial charge >= 0.3 is 0 Å². The molecule has 0 spiro atoms. The quantitative estimate of drug-likeness (QED) is 0.426. The summed E-state index contributed by atoms with van der Waals surface area (Å²) in [7, 11) is 3.75. The summed E-state index contributed by atoms with van der Waals surface area (Å²) in [6.07, 6.45) is 3.78. The molecule has 1 aromatic heterocycles. The predicted molar refractivity (Wildman–Crippen MR) is 145 cm³/mol. The zero-order valence-corrected chi connectivity index (χ0v) is 21.0. The number of amides is 1. The Hall–Kier alpha value is -4.41. The Morgan fingerprint density at radius 3 is 2.32 bits per heavy atom. The van der Waals surface area contributed by atoms with Crippen LogP contribution in [0.5, 0.6) is 0 Å². The highest BCUT2D eigenvalue weighted by molar-refractivity contribution is 6.08. The summed E-state index contributed by atoms with van der Waals surface area (Å²) < 4.78 is 1.77. The number of rotatable bonds is 3. The lowest BCUT2D eigenvalue weighted by atomic mass is 9.93. The maximum atomic E-state index is 13.3. The molecule has 1 amide bonds. The summed E-state index contributed by atoms with van der Waals surface area (Å²) in [4.78, 5) is 19.9. The van der Waals surface area contributed by atoms with Crippen molar-refractivity contribution >= 4 is 17.3 Å². The first-order valence-electron chi connectivity index (χ1n) is 12.5. The molecule has 184 valence electrons. The highest BCUT2D eigenvalue weighted by Crippen LogP contribution is 2.40. The normalized spacial score (nSPS) is 17.6. The molecule has 4 aromatic rings. The first-order chi connectivity index (χ1) is 18.0. The van der Waals surface area contributed by atoms with E-state index in [1.54, 1.807) is 9.58 Å². The molecule has 2 aliphatic rings. The number of nitrogens with zero attached hydrogens (tertiary/aromatic N) is 6. The van der Waals surface area contributed by atoms with E-state index in [4.69, 9.17) is 0 Å². The Morgan fingerprint density at radius 1 is 0.865 bits per heavy atom. The molecule has 0 saturated carbocycles. The van der Waals surface area contributed by atoms with Crippen molar-refractivity contribution in [3.63, 3.8) is 0 Å². The molecule has 0 aliphatic carbocycles. The lowest BCUT2D eigenvalue weighted by molar-refractivity contribution is 0.0992. The van der Waals surface area contributed by atoms with Crippen molar-refractivity contribution in [2.45, 2.75) is 6.04 Å². The van der Waals surface area contributed by atoms with Crippen LogP contribution in [0.25, 0.3) is 11.1 Å². The summed E-state index contributed by atoms with van der Waals surface area (Å²) in [5.74, 6) is 0.0246. The Bertz CT molecular complexity index is 1530. The van der Waals surface area contributed by atoms with E-state index in [0.717, 1.165) is 65.4 Å². The van der Waals surface area contributed by atoms with Crippen LogP contribution in [0.3, 0.4) is 0 Å². The Labute approximate surface area is 216 Å². The van der Waals surface area contributed by atoms with Crippen molar-refractivity contribution in [2.75, 3.05) is 43.0 Å². The third-order valence-corrected chi connectivity index (χ3v) is 7.56. The van der Waals surface area contributed by atoms with Crippen LogP contribution in [-0.4, -0.2) is 53.8 Å². The molecule has 1 unspecified atom stereocenters. The van der Waals surface area contributed by atoms with E-state index in [0.29, 0.717) is 5.56 Å². The van der Waals surface area contributed by atoms with Crippen molar-refractivity contribution in [3.8, 4) is 17.2 Å². The number of hydrogen-bond donors (Lipinski definition) is 0. The molecule has 1 fully saturated rings. The number of benzene rings is 3.